The molecule has 0 atom stereocenters. The summed E-state index contributed by atoms with van der Waals surface area (Å²) < 4.78 is 49.0. The van der Waals surface area contributed by atoms with Crippen molar-refractivity contribution in [2.75, 3.05) is 32.2 Å². The monoisotopic (exact) mass is 358 g/mol. The molecule has 0 aromatic carbocycles. The van der Waals surface area contributed by atoms with Crippen LogP contribution in [-0.2, 0) is 20.4 Å². The minimum absolute atomic E-state index is 0.150. The Morgan fingerprint density at radius 2 is 2.08 bits per heavy atom. The van der Waals surface area contributed by atoms with E-state index in [1.807, 2.05) is 0 Å². The van der Waals surface area contributed by atoms with Crippen LogP contribution in [0.1, 0.15) is 11.3 Å². The molecule has 10 heteroatoms. The lowest BCUT2D eigenvalue weighted by Gasteiger charge is -2.10. The number of methoxy groups -OCH3 is 1. The molecule has 0 saturated carbocycles. The Labute approximate surface area is 141 Å². The first-order chi connectivity index (χ1) is 11.8. The normalized spacial score (nSPS) is 11.6. The van der Waals surface area contributed by atoms with Crippen LogP contribution in [0.5, 0.6) is 0 Å². The molecule has 7 nitrogen and oxygen atoms in total. The number of carbonyl (C=O) groups excluding carboxylic acids is 1. The second-order valence-corrected chi connectivity index (χ2v) is 5.08. The summed E-state index contributed by atoms with van der Waals surface area (Å²) in [5.74, 6) is 0.00552. The van der Waals surface area contributed by atoms with Gasteiger partial charge in [0.05, 0.1) is 24.5 Å². The van der Waals surface area contributed by atoms with Gasteiger partial charge in [-0.1, -0.05) is 0 Å². The van der Waals surface area contributed by atoms with E-state index in [0.717, 1.165) is 6.07 Å². The van der Waals surface area contributed by atoms with Crippen molar-refractivity contribution in [3.63, 3.8) is 0 Å². The van der Waals surface area contributed by atoms with Gasteiger partial charge in [-0.05, 0) is 19.1 Å². The fraction of sp³-hybridized carbons (Fsp3) is 0.400. The van der Waals surface area contributed by atoms with Gasteiger partial charge in [0.2, 0.25) is 0 Å². The van der Waals surface area contributed by atoms with E-state index in [9.17, 15) is 18.0 Å². The predicted octanol–water partition coefficient (Wildman–Crippen LogP) is 2.20. The molecule has 2 rings (SSSR count). The molecule has 2 aromatic rings. The summed E-state index contributed by atoms with van der Waals surface area (Å²) in [6, 6.07) is 3.66. The molecule has 136 valence electrons. The first kappa shape index (κ1) is 18.9. The second-order valence-electron chi connectivity index (χ2n) is 5.08. The van der Waals surface area contributed by atoms with E-state index in [2.05, 4.69) is 15.4 Å². The van der Waals surface area contributed by atoms with Gasteiger partial charge in [-0.15, -0.1) is 0 Å². The maximum atomic E-state index is 12.6. The molecule has 0 radical (unpaired) electrons. The van der Waals surface area contributed by atoms with Gasteiger partial charge < -0.3 is 14.8 Å². The van der Waals surface area contributed by atoms with Crippen LogP contribution in [0.15, 0.2) is 24.4 Å². The minimum Gasteiger partial charge on any atom is -0.382 e. The van der Waals surface area contributed by atoms with Crippen LogP contribution >= 0.6 is 0 Å². The number of amides is 1. The molecule has 0 aliphatic carbocycles. The molecule has 2 heterocycles. The van der Waals surface area contributed by atoms with Crippen LogP contribution in [0.4, 0.5) is 19.0 Å². The van der Waals surface area contributed by atoms with E-state index in [0.29, 0.717) is 18.5 Å². The highest BCUT2D eigenvalue weighted by molar-refractivity contribution is 5.91. The number of alkyl halides is 3. The lowest BCUT2D eigenvalue weighted by Crippen LogP contribution is -2.21. The van der Waals surface area contributed by atoms with Crippen molar-refractivity contribution in [3.05, 3.63) is 35.7 Å². The number of halogens is 3. The van der Waals surface area contributed by atoms with Gasteiger partial charge in [-0.3, -0.25) is 4.79 Å². The van der Waals surface area contributed by atoms with Crippen LogP contribution in [0.25, 0.3) is 5.82 Å². The van der Waals surface area contributed by atoms with Gasteiger partial charge in [-0.2, -0.15) is 23.0 Å². The predicted molar refractivity (Wildman–Crippen MR) is 82.4 cm³/mol. The average Bonchev–Trinajstić information content (AvgIpc) is 2.91. The molecular formula is C15H17F3N4O3. The highest BCUT2D eigenvalue weighted by Crippen LogP contribution is 2.29. The SMILES string of the molecule is COCCOCC(=O)Nc1cc(C)nn1-c1ccc(C(F)(F)F)cn1. The molecular weight excluding hydrogens is 341 g/mol. The summed E-state index contributed by atoms with van der Waals surface area (Å²) in [5.41, 5.74) is -0.297. The lowest BCUT2D eigenvalue weighted by atomic mass is 10.3. The summed E-state index contributed by atoms with van der Waals surface area (Å²) in [6.07, 6.45) is -3.76. The molecule has 0 bridgehead atoms. The number of carbonyl (C=O) groups is 1. The first-order valence-corrected chi connectivity index (χ1v) is 7.28. The highest BCUT2D eigenvalue weighted by Gasteiger charge is 2.30. The third-order valence-electron chi connectivity index (χ3n) is 3.06. The number of hydrogen-bond donors (Lipinski definition) is 1. The van der Waals surface area contributed by atoms with Crippen LogP contribution in [0.2, 0.25) is 0 Å². The van der Waals surface area contributed by atoms with Crippen molar-refractivity contribution in [3.8, 4) is 5.82 Å². The standard InChI is InChI=1S/C15H17F3N4O3/c1-10-7-13(20-14(23)9-25-6-5-24-2)22(21-10)12-4-3-11(8-19-12)15(16,17)18/h3-4,7-8H,5-6,9H2,1-2H3,(H,20,23). The molecule has 0 aliphatic heterocycles. The van der Waals surface area contributed by atoms with E-state index in [-0.39, 0.29) is 24.8 Å². The number of pyridine rings is 1. The molecule has 1 amide bonds. The van der Waals surface area contributed by atoms with E-state index < -0.39 is 17.6 Å². The highest BCUT2D eigenvalue weighted by atomic mass is 19.4. The quantitative estimate of drug-likeness (QED) is 0.768. The van der Waals surface area contributed by atoms with E-state index >= 15 is 0 Å². The third-order valence-corrected chi connectivity index (χ3v) is 3.06. The maximum Gasteiger partial charge on any atom is 0.417 e. The zero-order valence-electron chi connectivity index (χ0n) is 13.6. The minimum atomic E-state index is -4.47. The second kappa shape index (κ2) is 8.08. The van der Waals surface area contributed by atoms with Gasteiger partial charge in [0.15, 0.2) is 5.82 Å². The molecule has 25 heavy (non-hydrogen) atoms. The van der Waals surface area contributed by atoms with Crippen LogP contribution < -0.4 is 5.32 Å². The smallest absolute Gasteiger partial charge is 0.382 e. The zero-order chi connectivity index (χ0) is 18.4. The number of ether oxygens (including phenoxy) is 2. The van der Waals surface area contributed by atoms with E-state index in [1.165, 1.54) is 17.9 Å². The van der Waals surface area contributed by atoms with Crippen LogP contribution in [0, 0.1) is 6.92 Å². The fourth-order valence-corrected chi connectivity index (χ4v) is 1.93. The maximum absolute atomic E-state index is 12.6. The Morgan fingerprint density at radius 3 is 2.68 bits per heavy atom. The van der Waals surface area contributed by atoms with Crippen molar-refractivity contribution in [2.45, 2.75) is 13.1 Å². The summed E-state index contributed by atoms with van der Waals surface area (Å²) >= 11 is 0. The number of aryl methyl sites for hydroxylation is 1. The van der Waals surface area contributed by atoms with Crippen molar-refractivity contribution >= 4 is 11.7 Å². The van der Waals surface area contributed by atoms with Gasteiger partial charge in [-0.25, -0.2) is 4.98 Å². The van der Waals surface area contributed by atoms with Gasteiger partial charge in [0.25, 0.3) is 5.91 Å². The molecule has 0 aliphatic rings. The number of rotatable bonds is 7. The number of nitrogens with one attached hydrogen (secondary N) is 1. The molecule has 1 N–H and O–H groups in total. The van der Waals surface area contributed by atoms with Crippen molar-refractivity contribution in [1.82, 2.24) is 14.8 Å². The van der Waals surface area contributed by atoms with Gasteiger partial charge in [0.1, 0.15) is 12.4 Å². The Morgan fingerprint density at radius 1 is 1.32 bits per heavy atom. The number of aromatic nitrogens is 3. The van der Waals surface area contributed by atoms with Crippen LogP contribution in [0.3, 0.4) is 0 Å². The Balaban J connectivity index is 2.11. The third kappa shape index (κ3) is 5.26. The average molecular weight is 358 g/mol. The lowest BCUT2D eigenvalue weighted by molar-refractivity contribution is -0.137. The van der Waals surface area contributed by atoms with E-state index in [1.54, 1.807) is 13.0 Å². The van der Waals surface area contributed by atoms with E-state index in [4.69, 9.17) is 9.47 Å². The largest absolute Gasteiger partial charge is 0.417 e. The van der Waals surface area contributed by atoms with Crippen molar-refractivity contribution in [1.29, 1.82) is 0 Å². The fourth-order valence-electron chi connectivity index (χ4n) is 1.93. The molecule has 0 fully saturated rings. The first-order valence-electron chi connectivity index (χ1n) is 7.28. The van der Waals surface area contributed by atoms with Crippen molar-refractivity contribution < 1.29 is 27.4 Å². The molecule has 2 aromatic heterocycles. The Bertz CT molecular complexity index is 714. The summed E-state index contributed by atoms with van der Waals surface area (Å²) in [6.45, 7) is 2.13. The zero-order valence-corrected chi connectivity index (χ0v) is 13.6. The van der Waals surface area contributed by atoms with Gasteiger partial charge in [0, 0.05) is 19.4 Å². The van der Waals surface area contributed by atoms with Crippen LogP contribution in [-0.4, -0.2) is 47.6 Å². The number of anilines is 1. The molecule has 0 unspecified atom stereocenters. The summed E-state index contributed by atoms with van der Waals surface area (Å²) in [4.78, 5) is 15.6. The number of nitrogens with zero attached hydrogens (tertiary/aromatic N) is 3. The number of hydrogen-bond acceptors (Lipinski definition) is 5. The van der Waals surface area contributed by atoms with Gasteiger partial charge >= 0.3 is 6.18 Å². The molecule has 0 spiro atoms. The Hall–Kier alpha value is -2.46. The van der Waals surface area contributed by atoms with Crippen molar-refractivity contribution in [2.24, 2.45) is 0 Å². The summed E-state index contributed by atoms with van der Waals surface area (Å²) in [7, 11) is 1.52. The molecule has 0 saturated heterocycles. The Kier molecular flexibility index (Phi) is 6.10. The topological polar surface area (TPSA) is 78.3 Å². The summed E-state index contributed by atoms with van der Waals surface area (Å²) in [5, 5.41) is 6.72.